The molecule has 0 radical (unpaired) electrons. The van der Waals surface area contributed by atoms with Gasteiger partial charge in [0, 0.05) is 32.2 Å². The average Bonchev–Trinajstić information content (AvgIpc) is 2.94. The molecule has 0 bridgehead atoms. The number of carbonyl (C=O) groups is 1. The summed E-state index contributed by atoms with van der Waals surface area (Å²) in [4.78, 5) is 18.6. The van der Waals surface area contributed by atoms with Crippen LogP contribution < -0.4 is 0 Å². The highest BCUT2D eigenvalue weighted by atomic mass is 32.1. The third-order valence-corrected chi connectivity index (χ3v) is 3.96. The molecule has 0 aliphatic heterocycles. The highest BCUT2D eigenvalue weighted by Gasteiger charge is 2.18. The Morgan fingerprint density at radius 1 is 1.36 bits per heavy atom. The van der Waals surface area contributed by atoms with Crippen molar-refractivity contribution in [2.45, 2.75) is 19.9 Å². The fourth-order valence-electron chi connectivity index (χ4n) is 2.09. The monoisotopic (exact) mass is 322 g/mol. The van der Waals surface area contributed by atoms with Gasteiger partial charge in [-0.1, -0.05) is 12.1 Å². The number of aromatic nitrogens is 1. The molecule has 0 saturated carbocycles. The fourth-order valence-corrected chi connectivity index (χ4v) is 2.67. The van der Waals surface area contributed by atoms with Crippen LogP contribution in [0.1, 0.15) is 27.5 Å². The van der Waals surface area contributed by atoms with Crippen LogP contribution in [0.4, 0.5) is 4.39 Å². The summed E-state index contributed by atoms with van der Waals surface area (Å²) in [5.74, 6) is -0.388. The van der Waals surface area contributed by atoms with Crippen LogP contribution in [0.5, 0.6) is 0 Å². The van der Waals surface area contributed by atoms with Crippen LogP contribution in [0, 0.1) is 12.7 Å². The van der Waals surface area contributed by atoms with Crippen LogP contribution in [0.25, 0.3) is 0 Å². The van der Waals surface area contributed by atoms with E-state index in [0.29, 0.717) is 25.4 Å². The number of thiazole rings is 1. The molecule has 0 unspecified atom stereocenters. The van der Waals surface area contributed by atoms with Gasteiger partial charge in [-0.25, -0.2) is 9.37 Å². The standard InChI is InChI=1S/C16H19FN2O2S/c1-12-18-15(11-22-12)16(20)19(8-3-9-21-2)10-13-4-6-14(17)7-5-13/h4-7,11H,3,8-10H2,1-2H3. The molecule has 0 atom stereocenters. The number of halogens is 1. The number of hydrogen-bond acceptors (Lipinski definition) is 4. The maximum Gasteiger partial charge on any atom is 0.273 e. The minimum atomic E-state index is -0.281. The van der Waals surface area contributed by atoms with E-state index < -0.39 is 0 Å². The average molecular weight is 322 g/mol. The molecule has 22 heavy (non-hydrogen) atoms. The van der Waals surface area contributed by atoms with Crippen LogP contribution in [0.15, 0.2) is 29.6 Å². The van der Waals surface area contributed by atoms with E-state index in [-0.39, 0.29) is 11.7 Å². The molecule has 1 amide bonds. The SMILES string of the molecule is COCCCN(Cc1ccc(F)cc1)C(=O)c1csc(C)n1. The van der Waals surface area contributed by atoms with E-state index in [9.17, 15) is 9.18 Å². The summed E-state index contributed by atoms with van der Waals surface area (Å²) in [7, 11) is 1.63. The number of benzene rings is 1. The second-order valence-corrected chi connectivity index (χ2v) is 6.01. The van der Waals surface area contributed by atoms with Gasteiger partial charge in [0.25, 0.3) is 5.91 Å². The van der Waals surface area contributed by atoms with Crippen molar-refractivity contribution >= 4 is 17.2 Å². The summed E-state index contributed by atoms with van der Waals surface area (Å²) < 4.78 is 18.0. The van der Waals surface area contributed by atoms with Gasteiger partial charge >= 0.3 is 0 Å². The highest BCUT2D eigenvalue weighted by Crippen LogP contribution is 2.14. The Kier molecular flexibility index (Phi) is 6.03. The summed E-state index contributed by atoms with van der Waals surface area (Å²) in [6.07, 6.45) is 0.743. The maximum atomic E-state index is 13.0. The summed E-state index contributed by atoms with van der Waals surface area (Å²) >= 11 is 1.45. The highest BCUT2D eigenvalue weighted by molar-refractivity contribution is 7.09. The predicted octanol–water partition coefficient (Wildman–Crippen LogP) is 3.27. The van der Waals surface area contributed by atoms with Crippen molar-refractivity contribution in [2.75, 3.05) is 20.3 Å². The molecule has 0 fully saturated rings. The third-order valence-electron chi connectivity index (χ3n) is 3.19. The van der Waals surface area contributed by atoms with Crippen LogP contribution >= 0.6 is 11.3 Å². The molecule has 6 heteroatoms. The van der Waals surface area contributed by atoms with E-state index in [1.54, 1.807) is 29.5 Å². The molecular formula is C16H19FN2O2S. The van der Waals surface area contributed by atoms with Gasteiger partial charge in [0.1, 0.15) is 11.5 Å². The first-order valence-electron chi connectivity index (χ1n) is 7.05. The van der Waals surface area contributed by atoms with E-state index in [1.807, 2.05) is 6.92 Å². The lowest BCUT2D eigenvalue weighted by molar-refractivity contribution is 0.0718. The zero-order valence-corrected chi connectivity index (χ0v) is 13.5. The van der Waals surface area contributed by atoms with Crippen LogP contribution in [-0.4, -0.2) is 36.1 Å². The second kappa shape index (κ2) is 8.00. The number of ether oxygens (including phenoxy) is 1. The Balaban J connectivity index is 2.10. The lowest BCUT2D eigenvalue weighted by Crippen LogP contribution is -2.32. The van der Waals surface area contributed by atoms with Gasteiger partial charge in [0.05, 0.1) is 5.01 Å². The van der Waals surface area contributed by atoms with Crippen molar-refractivity contribution < 1.29 is 13.9 Å². The molecule has 118 valence electrons. The van der Waals surface area contributed by atoms with Crippen molar-refractivity contribution in [1.29, 1.82) is 0 Å². The van der Waals surface area contributed by atoms with Gasteiger partial charge < -0.3 is 9.64 Å². The molecule has 4 nitrogen and oxygen atoms in total. The summed E-state index contributed by atoms with van der Waals surface area (Å²) in [5, 5.41) is 2.63. The van der Waals surface area contributed by atoms with E-state index in [4.69, 9.17) is 4.74 Å². The number of methoxy groups -OCH3 is 1. The molecule has 2 rings (SSSR count). The zero-order valence-electron chi connectivity index (χ0n) is 12.7. The van der Waals surface area contributed by atoms with Crippen molar-refractivity contribution in [2.24, 2.45) is 0 Å². The lowest BCUT2D eigenvalue weighted by Gasteiger charge is -2.22. The van der Waals surface area contributed by atoms with E-state index in [1.165, 1.54) is 23.5 Å². The molecule has 0 aliphatic carbocycles. The predicted molar refractivity (Wildman–Crippen MR) is 84.5 cm³/mol. The van der Waals surface area contributed by atoms with Crippen molar-refractivity contribution in [3.63, 3.8) is 0 Å². The van der Waals surface area contributed by atoms with Gasteiger partial charge in [-0.3, -0.25) is 4.79 Å². The third kappa shape index (κ3) is 4.61. The number of nitrogens with zero attached hydrogens (tertiary/aromatic N) is 2. The molecule has 0 saturated heterocycles. The number of carbonyl (C=O) groups excluding carboxylic acids is 1. The van der Waals surface area contributed by atoms with Crippen LogP contribution in [0.2, 0.25) is 0 Å². The molecule has 1 aromatic heterocycles. The van der Waals surface area contributed by atoms with Gasteiger partial charge in [0.15, 0.2) is 0 Å². The Bertz CT molecular complexity index is 613. The minimum absolute atomic E-state index is 0.107. The van der Waals surface area contributed by atoms with E-state index >= 15 is 0 Å². The molecule has 0 N–H and O–H groups in total. The van der Waals surface area contributed by atoms with E-state index in [2.05, 4.69) is 4.98 Å². The zero-order chi connectivity index (χ0) is 15.9. The van der Waals surface area contributed by atoms with Crippen molar-refractivity contribution in [3.8, 4) is 0 Å². The molecule has 2 aromatic rings. The van der Waals surface area contributed by atoms with E-state index in [0.717, 1.165) is 17.0 Å². The molecular weight excluding hydrogens is 303 g/mol. The minimum Gasteiger partial charge on any atom is -0.385 e. The van der Waals surface area contributed by atoms with Crippen LogP contribution in [0.3, 0.4) is 0 Å². The van der Waals surface area contributed by atoms with Crippen molar-refractivity contribution in [3.05, 3.63) is 51.7 Å². The Morgan fingerprint density at radius 2 is 2.09 bits per heavy atom. The largest absolute Gasteiger partial charge is 0.385 e. The Labute approximate surface area is 133 Å². The molecule has 0 aliphatic rings. The number of aryl methyl sites for hydroxylation is 1. The summed E-state index contributed by atoms with van der Waals surface area (Å²) in [5.41, 5.74) is 1.35. The smallest absolute Gasteiger partial charge is 0.273 e. The van der Waals surface area contributed by atoms with Gasteiger partial charge in [0.2, 0.25) is 0 Å². The summed E-state index contributed by atoms with van der Waals surface area (Å²) in [6, 6.07) is 6.19. The molecule has 1 aromatic carbocycles. The maximum absolute atomic E-state index is 13.0. The molecule has 0 spiro atoms. The molecule has 1 heterocycles. The van der Waals surface area contributed by atoms with Crippen molar-refractivity contribution in [1.82, 2.24) is 9.88 Å². The topological polar surface area (TPSA) is 42.4 Å². The van der Waals surface area contributed by atoms with Gasteiger partial charge in [-0.05, 0) is 31.0 Å². The summed E-state index contributed by atoms with van der Waals surface area (Å²) in [6.45, 7) is 3.46. The Morgan fingerprint density at radius 3 is 2.68 bits per heavy atom. The van der Waals surface area contributed by atoms with Crippen LogP contribution in [-0.2, 0) is 11.3 Å². The Hall–Kier alpha value is -1.79. The first kappa shape index (κ1) is 16.6. The van der Waals surface area contributed by atoms with Gasteiger partial charge in [-0.15, -0.1) is 11.3 Å². The normalized spacial score (nSPS) is 10.7. The number of amides is 1. The lowest BCUT2D eigenvalue weighted by atomic mass is 10.2. The fraction of sp³-hybridized carbons (Fsp3) is 0.375. The van der Waals surface area contributed by atoms with Gasteiger partial charge in [-0.2, -0.15) is 0 Å². The first-order chi connectivity index (χ1) is 10.6. The quantitative estimate of drug-likeness (QED) is 0.735. The second-order valence-electron chi connectivity index (χ2n) is 4.95. The first-order valence-corrected chi connectivity index (χ1v) is 7.93. The number of rotatable bonds is 7. The number of hydrogen-bond donors (Lipinski definition) is 0.